The van der Waals surface area contributed by atoms with Crippen molar-refractivity contribution in [2.45, 2.75) is 13.5 Å². The maximum absolute atomic E-state index is 6.13. The topological polar surface area (TPSA) is 78.8 Å². The predicted octanol–water partition coefficient (Wildman–Crippen LogP) is 1.61. The summed E-state index contributed by atoms with van der Waals surface area (Å²) in [5.41, 5.74) is 7.02. The Kier molecular flexibility index (Phi) is 4.11. The molecule has 0 radical (unpaired) electrons. The second kappa shape index (κ2) is 5.79. The highest BCUT2D eigenvalue weighted by Gasteiger charge is 2.12. The lowest BCUT2D eigenvalue weighted by atomic mass is 10.2. The predicted molar refractivity (Wildman–Crippen MR) is 69.2 cm³/mol. The Morgan fingerprint density at radius 2 is 2.28 bits per heavy atom. The molecule has 0 saturated heterocycles. The molecule has 0 atom stereocenters. The maximum Gasteiger partial charge on any atom is 0.183 e. The first kappa shape index (κ1) is 12.8. The van der Waals surface area contributed by atoms with Crippen LogP contribution in [0.4, 0.5) is 5.69 Å². The van der Waals surface area contributed by atoms with Gasteiger partial charge < -0.3 is 10.5 Å². The number of nitrogen functional groups attached to an aromatic ring is 1. The molecule has 0 unspecified atom stereocenters. The van der Waals surface area contributed by atoms with Gasteiger partial charge in [0.2, 0.25) is 0 Å². The van der Waals surface area contributed by atoms with Gasteiger partial charge in [0.1, 0.15) is 0 Å². The van der Waals surface area contributed by atoms with Crippen LogP contribution in [0.2, 0.25) is 5.02 Å². The molecule has 2 rings (SSSR count). The van der Waals surface area contributed by atoms with Crippen LogP contribution in [0.25, 0.3) is 11.4 Å². The quantitative estimate of drug-likeness (QED) is 0.658. The van der Waals surface area contributed by atoms with E-state index in [2.05, 4.69) is 15.5 Å². The van der Waals surface area contributed by atoms with Crippen LogP contribution in [0.3, 0.4) is 0 Å². The van der Waals surface area contributed by atoms with Gasteiger partial charge in [0.15, 0.2) is 5.82 Å². The first-order valence-electron chi connectivity index (χ1n) is 5.61. The molecule has 0 aliphatic carbocycles. The largest absolute Gasteiger partial charge is 0.399 e. The molecule has 96 valence electrons. The van der Waals surface area contributed by atoms with Crippen molar-refractivity contribution in [3.05, 3.63) is 23.2 Å². The Labute approximate surface area is 110 Å². The van der Waals surface area contributed by atoms with Gasteiger partial charge in [0.25, 0.3) is 0 Å². The molecule has 0 saturated carbocycles. The molecule has 0 fully saturated rings. The van der Waals surface area contributed by atoms with Crippen LogP contribution in [0.15, 0.2) is 18.2 Å². The Bertz CT molecular complexity index is 528. The molecule has 1 aromatic carbocycles. The molecule has 0 spiro atoms. The summed E-state index contributed by atoms with van der Waals surface area (Å²) in [5.74, 6) is 0.611. The fourth-order valence-electron chi connectivity index (χ4n) is 1.56. The highest BCUT2D eigenvalue weighted by atomic mass is 35.5. The summed E-state index contributed by atoms with van der Waals surface area (Å²) >= 11 is 6.13. The van der Waals surface area contributed by atoms with Gasteiger partial charge in [0, 0.05) is 17.9 Å². The van der Waals surface area contributed by atoms with E-state index in [-0.39, 0.29) is 0 Å². The molecular weight excluding hydrogens is 254 g/mol. The van der Waals surface area contributed by atoms with Gasteiger partial charge in [-0.05, 0) is 35.5 Å². The number of aromatic nitrogens is 4. The van der Waals surface area contributed by atoms with Crippen molar-refractivity contribution in [2.75, 3.05) is 18.9 Å². The molecule has 18 heavy (non-hydrogen) atoms. The number of halogens is 1. The summed E-state index contributed by atoms with van der Waals surface area (Å²) in [7, 11) is 0. The van der Waals surface area contributed by atoms with Crippen molar-refractivity contribution in [3.8, 4) is 11.4 Å². The average Bonchev–Trinajstić information content (AvgIpc) is 2.78. The number of hydrogen-bond acceptors (Lipinski definition) is 5. The summed E-state index contributed by atoms with van der Waals surface area (Å²) in [5, 5.41) is 12.1. The number of ether oxygens (including phenoxy) is 1. The lowest BCUT2D eigenvalue weighted by Crippen LogP contribution is -2.09. The van der Waals surface area contributed by atoms with Crippen molar-refractivity contribution < 1.29 is 4.74 Å². The number of benzene rings is 1. The molecule has 1 aromatic heterocycles. The minimum atomic E-state index is 0.530. The smallest absolute Gasteiger partial charge is 0.183 e. The molecule has 7 heteroatoms. The maximum atomic E-state index is 6.13. The van der Waals surface area contributed by atoms with Crippen LogP contribution in [0, 0.1) is 0 Å². The van der Waals surface area contributed by atoms with Crippen LogP contribution in [0.1, 0.15) is 6.92 Å². The van der Waals surface area contributed by atoms with Gasteiger partial charge >= 0.3 is 0 Å². The van der Waals surface area contributed by atoms with E-state index >= 15 is 0 Å². The van der Waals surface area contributed by atoms with E-state index in [0.717, 1.165) is 5.56 Å². The zero-order valence-corrected chi connectivity index (χ0v) is 10.8. The molecule has 0 aliphatic heterocycles. The zero-order valence-electron chi connectivity index (χ0n) is 10.0. The third-order valence-electron chi connectivity index (χ3n) is 2.42. The molecule has 6 nitrogen and oxygen atoms in total. The third-order valence-corrected chi connectivity index (χ3v) is 2.73. The van der Waals surface area contributed by atoms with Crippen molar-refractivity contribution >= 4 is 17.3 Å². The summed E-state index contributed by atoms with van der Waals surface area (Å²) < 4.78 is 6.94. The molecule has 0 amide bonds. The summed E-state index contributed by atoms with van der Waals surface area (Å²) in [6.45, 7) is 3.75. The van der Waals surface area contributed by atoms with Gasteiger partial charge in [-0.3, -0.25) is 0 Å². The van der Waals surface area contributed by atoms with Gasteiger partial charge in [-0.2, -0.15) is 0 Å². The second-order valence-corrected chi connectivity index (χ2v) is 4.07. The van der Waals surface area contributed by atoms with E-state index in [4.69, 9.17) is 22.1 Å². The Morgan fingerprint density at radius 1 is 1.44 bits per heavy atom. The van der Waals surface area contributed by atoms with Crippen LogP contribution in [-0.4, -0.2) is 33.4 Å². The minimum absolute atomic E-state index is 0.530. The standard InChI is InChI=1S/C11H14ClN5O/c1-2-18-6-5-17-11(14-15-16-17)9-4-3-8(13)7-10(9)12/h3-4,7H,2,5-6,13H2,1H3. The van der Waals surface area contributed by atoms with E-state index in [9.17, 15) is 0 Å². The molecule has 0 aliphatic rings. The van der Waals surface area contributed by atoms with E-state index < -0.39 is 0 Å². The molecular formula is C11H14ClN5O. The number of anilines is 1. The summed E-state index contributed by atoms with van der Waals surface area (Å²) in [6.07, 6.45) is 0. The van der Waals surface area contributed by atoms with Gasteiger partial charge in [-0.15, -0.1) is 5.10 Å². The number of hydrogen-bond donors (Lipinski definition) is 1. The van der Waals surface area contributed by atoms with Gasteiger partial charge in [-0.1, -0.05) is 11.6 Å². The Hall–Kier alpha value is -1.66. The van der Waals surface area contributed by atoms with Crippen molar-refractivity contribution in [1.82, 2.24) is 20.2 Å². The van der Waals surface area contributed by atoms with Crippen molar-refractivity contribution in [2.24, 2.45) is 0 Å². The average molecular weight is 268 g/mol. The summed E-state index contributed by atoms with van der Waals surface area (Å²) in [4.78, 5) is 0. The van der Waals surface area contributed by atoms with E-state index in [1.165, 1.54) is 0 Å². The lowest BCUT2D eigenvalue weighted by molar-refractivity contribution is 0.136. The van der Waals surface area contributed by atoms with Gasteiger partial charge in [-0.25, -0.2) is 4.68 Å². The number of nitrogens with two attached hydrogens (primary N) is 1. The zero-order chi connectivity index (χ0) is 13.0. The molecule has 1 heterocycles. The van der Waals surface area contributed by atoms with Gasteiger partial charge in [0.05, 0.1) is 18.2 Å². The van der Waals surface area contributed by atoms with E-state index in [0.29, 0.717) is 36.3 Å². The normalized spacial score (nSPS) is 10.8. The summed E-state index contributed by atoms with van der Waals surface area (Å²) in [6, 6.07) is 5.25. The highest BCUT2D eigenvalue weighted by Crippen LogP contribution is 2.27. The first-order chi connectivity index (χ1) is 8.72. The first-order valence-corrected chi connectivity index (χ1v) is 5.99. The number of tetrazole rings is 1. The van der Waals surface area contributed by atoms with Crippen molar-refractivity contribution in [3.63, 3.8) is 0 Å². The van der Waals surface area contributed by atoms with Crippen molar-refractivity contribution in [1.29, 1.82) is 0 Å². The molecule has 0 bridgehead atoms. The Balaban J connectivity index is 2.25. The number of rotatable bonds is 5. The van der Waals surface area contributed by atoms with Crippen LogP contribution < -0.4 is 5.73 Å². The third kappa shape index (κ3) is 2.77. The SMILES string of the molecule is CCOCCn1nnnc1-c1ccc(N)cc1Cl. The van der Waals surface area contributed by atoms with Crippen LogP contribution >= 0.6 is 11.6 Å². The lowest BCUT2D eigenvalue weighted by Gasteiger charge is -2.06. The van der Waals surface area contributed by atoms with Crippen LogP contribution in [-0.2, 0) is 11.3 Å². The van der Waals surface area contributed by atoms with E-state index in [1.807, 2.05) is 6.92 Å². The number of nitrogens with zero attached hydrogens (tertiary/aromatic N) is 4. The van der Waals surface area contributed by atoms with E-state index in [1.54, 1.807) is 22.9 Å². The highest BCUT2D eigenvalue weighted by molar-refractivity contribution is 6.33. The fraction of sp³-hybridized carbons (Fsp3) is 0.364. The fourth-order valence-corrected chi connectivity index (χ4v) is 1.83. The molecule has 2 aromatic rings. The minimum Gasteiger partial charge on any atom is -0.399 e. The van der Waals surface area contributed by atoms with Crippen LogP contribution in [0.5, 0.6) is 0 Å². The molecule has 2 N–H and O–H groups in total. The second-order valence-electron chi connectivity index (χ2n) is 3.66. The Morgan fingerprint density at radius 3 is 3.00 bits per heavy atom. The monoisotopic (exact) mass is 267 g/mol.